The summed E-state index contributed by atoms with van der Waals surface area (Å²) in [5.74, 6) is -0.909. The molecule has 0 aliphatic heterocycles. The molecule has 8 heteroatoms. The predicted molar refractivity (Wildman–Crippen MR) is 88.7 cm³/mol. The number of carbonyl (C=O) groups excluding carboxylic acids is 2. The third-order valence-electron chi connectivity index (χ3n) is 2.52. The van der Waals surface area contributed by atoms with E-state index < -0.39 is 17.6 Å². The van der Waals surface area contributed by atoms with Crippen LogP contribution in [-0.4, -0.2) is 27.9 Å². The monoisotopic (exact) mass is 366 g/mol. The molecule has 0 spiro atoms. The van der Waals surface area contributed by atoms with E-state index in [2.05, 4.69) is 9.69 Å². The Balaban J connectivity index is 2.87. The zero-order chi connectivity index (χ0) is 17.1. The lowest BCUT2D eigenvalue weighted by atomic mass is 10.0. The fraction of sp³-hybridized carbons (Fsp3) is 0.643. The van der Waals surface area contributed by atoms with Gasteiger partial charge in [0, 0.05) is 5.54 Å². The molecule has 1 aromatic heterocycles. The molecule has 0 bridgehead atoms. The summed E-state index contributed by atoms with van der Waals surface area (Å²) in [7, 11) is 0. The summed E-state index contributed by atoms with van der Waals surface area (Å²) in [6.45, 7) is 9.46. The van der Waals surface area contributed by atoms with Crippen molar-refractivity contribution in [1.29, 1.82) is 0 Å². The van der Waals surface area contributed by atoms with Gasteiger partial charge >= 0.3 is 5.97 Å². The third kappa shape index (κ3) is 5.74. The van der Waals surface area contributed by atoms with E-state index in [0.29, 0.717) is 6.42 Å². The van der Waals surface area contributed by atoms with Gasteiger partial charge in [-0.05, 0) is 44.6 Å². The second kappa shape index (κ2) is 7.62. The van der Waals surface area contributed by atoms with Crippen LogP contribution in [-0.2, 0) is 9.53 Å². The van der Waals surface area contributed by atoms with Gasteiger partial charge in [0.1, 0.15) is 9.36 Å². The molecule has 1 N–H and O–H groups in total. The SMILES string of the molecule is CC(C)C[C@H](OC(=O)c1nsc(Cl)c1Cl)C(=O)NC(C)(C)C. The van der Waals surface area contributed by atoms with Crippen molar-refractivity contribution in [2.24, 2.45) is 5.92 Å². The summed E-state index contributed by atoms with van der Waals surface area (Å²) >= 11 is 12.6. The van der Waals surface area contributed by atoms with Gasteiger partial charge in [-0.3, -0.25) is 4.79 Å². The number of rotatable bonds is 5. The van der Waals surface area contributed by atoms with Gasteiger partial charge in [-0.25, -0.2) is 4.79 Å². The lowest BCUT2D eigenvalue weighted by Crippen LogP contribution is -2.47. The van der Waals surface area contributed by atoms with Crippen molar-refractivity contribution in [1.82, 2.24) is 9.69 Å². The molecule has 0 aliphatic rings. The maximum Gasteiger partial charge on any atom is 0.360 e. The average molecular weight is 367 g/mol. The van der Waals surface area contributed by atoms with E-state index in [1.165, 1.54) is 0 Å². The number of amides is 1. The highest BCUT2D eigenvalue weighted by atomic mass is 35.5. The smallest absolute Gasteiger partial charge is 0.360 e. The van der Waals surface area contributed by atoms with E-state index in [-0.39, 0.29) is 26.9 Å². The van der Waals surface area contributed by atoms with Gasteiger partial charge in [-0.1, -0.05) is 37.0 Å². The minimum absolute atomic E-state index is 0.0520. The number of aromatic nitrogens is 1. The van der Waals surface area contributed by atoms with Gasteiger partial charge < -0.3 is 10.1 Å². The second-order valence-electron chi connectivity index (χ2n) is 6.38. The number of ether oxygens (including phenoxy) is 1. The maximum atomic E-state index is 12.3. The van der Waals surface area contributed by atoms with Crippen LogP contribution >= 0.6 is 34.7 Å². The minimum Gasteiger partial charge on any atom is -0.447 e. The van der Waals surface area contributed by atoms with Crippen molar-refractivity contribution < 1.29 is 14.3 Å². The standard InChI is InChI=1S/C14H20Cl2N2O3S/c1-7(2)6-8(12(19)17-14(3,4)5)21-13(20)10-9(15)11(16)22-18-10/h7-8H,6H2,1-5H3,(H,17,19)/t8-/m0/s1. The first-order valence-electron chi connectivity index (χ1n) is 6.85. The number of esters is 1. The van der Waals surface area contributed by atoms with Gasteiger partial charge in [0.2, 0.25) is 0 Å². The molecule has 0 radical (unpaired) electrons. The molecule has 1 atom stereocenters. The first kappa shape index (κ1) is 19.2. The summed E-state index contributed by atoms with van der Waals surface area (Å²) in [5, 5.41) is 2.86. The second-order valence-corrected chi connectivity index (χ2v) is 8.14. The molecule has 0 aliphatic carbocycles. The fourth-order valence-corrected chi connectivity index (χ4v) is 2.64. The topological polar surface area (TPSA) is 68.3 Å². The van der Waals surface area contributed by atoms with Crippen LogP contribution in [0.3, 0.4) is 0 Å². The van der Waals surface area contributed by atoms with Crippen LogP contribution in [0.2, 0.25) is 9.36 Å². The van der Waals surface area contributed by atoms with Gasteiger partial charge in [-0.15, -0.1) is 0 Å². The van der Waals surface area contributed by atoms with Gasteiger partial charge in [-0.2, -0.15) is 4.37 Å². The highest BCUT2D eigenvalue weighted by molar-refractivity contribution is 7.11. The molecule has 0 unspecified atom stereocenters. The molecule has 124 valence electrons. The molecule has 0 saturated heterocycles. The third-order valence-corrected chi connectivity index (χ3v) is 4.13. The minimum atomic E-state index is -0.900. The lowest BCUT2D eigenvalue weighted by Gasteiger charge is -2.25. The maximum absolute atomic E-state index is 12.3. The van der Waals surface area contributed by atoms with E-state index in [4.69, 9.17) is 27.9 Å². The summed E-state index contributed by atoms with van der Waals surface area (Å²) in [5.41, 5.74) is -0.477. The van der Waals surface area contributed by atoms with Crippen molar-refractivity contribution in [2.45, 2.75) is 52.7 Å². The lowest BCUT2D eigenvalue weighted by molar-refractivity contribution is -0.132. The van der Waals surface area contributed by atoms with Crippen molar-refractivity contribution in [3.8, 4) is 0 Å². The Bertz CT molecular complexity index is 553. The Labute approximate surface area is 144 Å². The molecule has 1 heterocycles. The van der Waals surface area contributed by atoms with E-state index in [1.807, 2.05) is 34.6 Å². The van der Waals surface area contributed by atoms with Crippen molar-refractivity contribution in [3.63, 3.8) is 0 Å². The molecule has 0 fully saturated rings. The summed E-state index contributed by atoms with van der Waals surface area (Å²) in [6, 6.07) is 0. The molecule has 5 nitrogen and oxygen atoms in total. The van der Waals surface area contributed by atoms with Crippen molar-refractivity contribution in [2.75, 3.05) is 0 Å². The Kier molecular flexibility index (Phi) is 6.65. The number of hydrogen-bond donors (Lipinski definition) is 1. The van der Waals surface area contributed by atoms with E-state index in [9.17, 15) is 9.59 Å². The summed E-state index contributed by atoms with van der Waals surface area (Å²) in [4.78, 5) is 24.4. The average Bonchev–Trinajstić information content (AvgIpc) is 2.66. The Morgan fingerprint density at radius 1 is 1.32 bits per heavy atom. The van der Waals surface area contributed by atoms with Crippen LogP contribution in [0.5, 0.6) is 0 Å². The van der Waals surface area contributed by atoms with E-state index in [0.717, 1.165) is 11.5 Å². The number of nitrogens with one attached hydrogen (secondary N) is 1. The van der Waals surface area contributed by atoms with Crippen LogP contribution in [0.15, 0.2) is 0 Å². The first-order chi connectivity index (χ1) is 10.0. The highest BCUT2D eigenvalue weighted by Gasteiger charge is 2.29. The molecule has 0 saturated carbocycles. The van der Waals surface area contributed by atoms with Gasteiger partial charge in [0.05, 0.1) is 0 Å². The normalized spacial score (nSPS) is 13.1. The number of halogens is 2. The zero-order valence-electron chi connectivity index (χ0n) is 13.2. The van der Waals surface area contributed by atoms with E-state index >= 15 is 0 Å². The molecular formula is C14H20Cl2N2O3S. The van der Waals surface area contributed by atoms with Crippen molar-refractivity contribution >= 4 is 46.6 Å². The van der Waals surface area contributed by atoms with Crippen LogP contribution in [0.25, 0.3) is 0 Å². The largest absolute Gasteiger partial charge is 0.447 e. The summed E-state index contributed by atoms with van der Waals surface area (Å²) in [6.07, 6.45) is -0.494. The Morgan fingerprint density at radius 2 is 1.91 bits per heavy atom. The number of nitrogens with zero attached hydrogens (tertiary/aromatic N) is 1. The molecular weight excluding hydrogens is 347 g/mol. The van der Waals surface area contributed by atoms with Crippen LogP contribution in [0, 0.1) is 5.92 Å². The van der Waals surface area contributed by atoms with Gasteiger partial charge in [0.25, 0.3) is 5.91 Å². The number of carbonyl (C=O) groups is 2. The number of hydrogen-bond acceptors (Lipinski definition) is 5. The zero-order valence-corrected chi connectivity index (χ0v) is 15.5. The van der Waals surface area contributed by atoms with E-state index in [1.54, 1.807) is 0 Å². The highest BCUT2D eigenvalue weighted by Crippen LogP contribution is 2.30. The van der Waals surface area contributed by atoms with Crippen molar-refractivity contribution in [3.05, 3.63) is 15.1 Å². The molecule has 1 rings (SSSR count). The van der Waals surface area contributed by atoms with Crippen LogP contribution < -0.4 is 5.32 Å². The first-order valence-corrected chi connectivity index (χ1v) is 8.38. The van der Waals surface area contributed by atoms with Gasteiger partial charge in [0.15, 0.2) is 11.8 Å². The van der Waals surface area contributed by atoms with Crippen LogP contribution in [0.1, 0.15) is 51.5 Å². The molecule has 1 amide bonds. The molecule has 0 aromatic carbocycles. The van der Waals surface area contributed by atoms with Crippen LogP contribution in [0.4, 0.5) is 0 Å². The Morgan fingerprint density at radius 3 is 2.32 bits per heavy atom. The quantitative estimate of drug-likeness (QED) is 0.801. The predicted octanol–water partition coefficient (Wildman–Crippen LogP) is 3.94. The molecule has 1 aromatic rings. The molecule has 22 heavy (non-hydrogen) atoms. The summed E-state index contributed by atoms with van der Waals surface area (Å²) < 4.78 is 9.37. The fourth-order valence-electron chi connectivity index (χ4n) is 1.66. The Hall–Kier alpha value is -0.850.